The Labute approximate surface area is 224 Å². The summed E-state index contributed by atoms with van der Waals surface area (Å²) in [7, 11) is 1.67. The average Bonchev–Trinajstić information content (AvgIpc) is 2.92. The molecule has 0 amide bonds. The van der Waals surface area contributed by atoms with Gasteiger partial charge < -0.3 is 34.8 Å². The summed E-state index contributed by atoms with van der Waals surface area (Å²) in [6.07, 6.45) is -4.25. The monoisotopic (exact) mass is 554 g/mol. The van der Waals surface area contributed by atoms with Crippen LogP contribution in [0.25, 0.3) is 0 Å². The molecule has 39 heavy (non-hydrogen) atoms. The maximum absolute atomic E-state index is 11.3. The quantitative estimate of drug-likeness (QED) is 0.239. The van der Waals surface area contributed by atoms with Gasteiger partial charge in [-0.1, -0.05) is 6.07 Å². The molecule has 1 aliphatic rings. The summed E-state index contributed by atoms with van der Waals surface area (Å²) in [5.41, 5.74) is 2.13. The highest BCUT2D eigenvalue weighted by Crippen LogP contribution is 2.21. The lowest BCUT2D eigenvalue weighted by Crippen LogP contribution is -2.50. The Morgan fingerprint density at radius 2 is 1.69 bits per heavy atom. The molecular weight excluding hydrogens is 521 g/mol. The fourth-order valence-corrected chi connectivity index (χ4v) is 3.54. The zero-order chi connectivity index (χ0) is 28.8. The molecule has 0 atom stereocenters. The van der Waals surface area contributed by atoms with E-state index in [1.165, 1.54) is 5.69 Å². The van der Waals surface area contributed by atoms with Crippen molar-refractivity contribution in [2.75, 3.05) is 63.3 Å². The highest BCUT2D eigenvalue weighted by atomic mass is 19.4. The number of hydrogen-bond acceptors (Lipinski definition) is 6. The summed E-state index contributed by atoms with van der Waals surface area (Å²) in [6, 6.07) is 14.9. The standard InChI is InChI=1S/C24H32N4O4.C2HF3O2/c1-3-32-17-5-12-25-24(26-20-7-4-6-19(18-20)23(29)30)28-15-13-27(14-16-28)21-8-10-22(31-2)11-9-21;3-2(4,5)1(6)7/h4,6-11,18H,3,5,12-17H2,1-2H3,(H,25,26)(H,29,30);(H,6,7). The minimum atomic E-state index is -5.08. The summed E-state index contributed by atoms with van der Waals surface area (Å²) in [5.74, 6) is -2.09. The van der Waals surface area contributed by atoms with Crippen LogP contribution in [0.15, 0.2) is 53.5 Å². The van der Waals surface area contributed by atoms with Crippen molar-refractivity contribution in [3.05, 3.63) is 54.1 Å². The second-order valence-corrected chi connectivity index (χ2v) is 8.24. The van der Waals surface area contributed by atoms with Gasteiger partial charge in [-0.15, -0.1) is 0 Å². The number of carboxylic acids is 2. The molecule has 3 rings (SSSR count). The number of rotatable bonds is 9. The minimum absolute atomic E-state index is 0.245. The molecule has 1 heterocycles. The number of aliphatic carboxylic acids is 1. The Bertz CT molecular complexity index is 1090. The van der Waals surface area contributed by atoms with Gasteiger partial charge in [0.2, 0.25) is 0 Å². The molecule has 1 saturated heterocycles. The number of ether oxygens (including phenoxy) is 2. The van der Waals surface area contributed by atoms with Gasteiger partial charge in [-0.3, -0.25) is 4.99 Å². The largest absolute Gasteiger partial charge is 0.497 e. The number of carboxylic acid groups (broad SMARTS) is 2. The summed E-state index contributed by atoms with van der Waals surface area (Å²) >= 11 is 0. The summed E-state index contributed by atoms with van der Waals surface area (Å²) in [6.45, 7) is 7.33. The third-order valence-corrected chi connectivity index (χ3v) is 5.54. The molecule has 0 bridgehead atoms. The van der Waals surface area contributed by atoms with Crippen molar-refractivity contribution in [1.29, 1.82) is 0 Å². The normalized spacial score (nSPS) is 13.8. The first-order valence-electron chi connectivity index (χ1n) is 12.2. The van der Waals surface area contributed by atoms with Crippen molar-refractivity contribution in [2.24, 2.45) is 4.99 Å². The highest BCUT2D eigenvalue weighted by Gasteiger charge is 2.38. The lowest BCUT2D eigenvalue weighted by molar-refractivity contribution is -0.192. The zero-order valence-corrected chi connectivity index (χ0v) is 21.8. The predicted molar refractivity (Wildman–Crippen MR) is 141 cm³/mol. The van der Waals surface area contributed by atoms with Crippen LogP contribution in [0.4, 0.5) is 24.5 Å². The lowest BCUT2D eigenvalue weighted by atomic mass is 10.2. The predicted octanol–water partition coefficient (Wildman–Crippen LogP) is 4.04. The van der Waals surface area contributed by atoms with Crippen molar-refractivity contribution in [3.63, 3.8) is 0 Å². The van der Waals surface area contributed by atoms with Crippen LogP contribution in [-0.2, 0) is 9.53 Å². The van der Waals surface area contributed by atoms with Gasteiger partial charge in [0.25, 0.3) is 0 Å². The second kappa shape index (κ2) is 15.4. The third kappa shape index (κ3) is 10.7. The van der Waals surface area contributed by atoms with E-state index in [9.17, 15) is 23.1 Å². The Balaban J connectivity index is 0.000000673. The SMILES string of the molecule is CCOCCCN=C(Nc1cccc(C(=O)O)c1)N1CCN(c2ccc(OC)cc2)CC1.O=C(O)C(F)(F)F. The van der Waals surface area contributed by atoms with Crippen LogP contribution >= 0.6 is 0 Å². The summed E-state index contributed by atoms with van der Waals surface area (Å²) in [5, 5.41) is 19.8. The molecule has 0 radical (unpaired) electrons. The van der Waals surface area contributed by atoms with Gasteiger partial charge in [0.1, 0.15) is 5.75 Å². The van der Waals surface area contributed by atoms with E-state index < -0.39 is 18.1 Å². The fraction of sp³-hybridized carbons (Fsp3) is 0.423. The second-order valence-electron chi connectivity index (χ2n) is 8.24. The molecule has 2 aromatic carbocycles. The molecule has 3 N–H and O–H groups in total. The number of hydrogen-bond donors (Lipinski definition) is 3. The minimum Gasteiger partial charge on any atom is -0.497 e. The van der Waals surface area contributed by atoms with E-state index in [1.807, 2.05) is 25.1 Å². The molecule has 13 heteroatoms. The molecule has 0 unspecified atom stereocenters. The molecule has 0 aliphatic carbocycles. The van der Waals surface area contributed by atoms with E-state index in [2.05, 4.69) is 27.2 Å². The van der Waals surface area contributed by atoms with E-state index in [0.29, 0.717) is 25.4 Å². The molecule has 10 nitrogen and oxygen atoms in total. The van der Waals surface area contributed by atoms with Gasteiger partial charge in [0, 0.05) is 57.3 Å². The Hall–Kier alpha value is -4.00. The van der Waals surface area contributed by atoms with Crippen molar-refractivity contribution in [2.45, 2.75) is 19.5 Å². The van der Waals surface area contributed by atoms with E-state index >= 15 is 0 Å². The van der Waals surface area contributed by atoms with Crippen LogP contribution < -0.4 is 15.0 Å². The van der Waals surface area contributed by atoms with Gasteiger partial charge in [0.05, 0.1) is 12.7 Å². The van der Waals surface area contributed by atoms with E-state index in [-0.39, 0.29) is 5.56 Å². The van der Waals surface area contributed by atoms with Crippen LogP contribution in [0.1, 0.15) is 23.7 Å². The molecule has 0 aromatic heterocycles. The Morgan fingerprint density at radius 1 is 1.05 bits per heavy atom. The first-order valence-corrected chi connectivity index (χ1v) is 12.2. The molecule has 1 fully saturated rings. The van der Waals surface area contributed by atoms with E-state index in [4.69, 9.17) is 24.4 Å². The van der Waals surface area contributed by atoms with Crippen LogP contribution in [-0.4, -0.2) is 92.2 Å². The van der Waals surface area contributed by atoms with E-state index in [1.54, 1.807) is 25.3 Å². The number of alkyl halides is 3. The number of nitrogens with one attached hydrogen (secondary N) is 1. The topological polar surface area (TPSA) is 124 Å². The molecule has 214 valence electrons. The van der Waals surface area contributed by atoms with Gasteiger partial charge >= 0.3 is 18.1 Å². The van der Waals surface area contributed by atoms with Crippen molar-refractivity contribution in [1.82, 2.24) is 4.90 Å². The van der Waals surface area contributed by atoms with Crippen molar-refractivity contribution in [3.8, 4) is 5.75 Å². The number of piperazine rings is 1. The number of benzene rings is 2. The van der Waals surface area contributed by atoms with Crippen molar-refractivity contribution < 1.29 is 42.4 Å². The molecule has 2 aromatic rings. The van der Waals surface area contributed by atoms with Crippen LogP contribution in [0.5, 0.6) is 5.75 Å². The molecule has 0 saturated carbocycles. The summed E-state index contributed by atoms with van der Waals surface area (Å²) in [4.78, 5) is 29.6. The number of nitrogens with zero attached hydrogens (tertiary/aromatic N) is 3. The zero-order valence-electron chi connectivity index (χ0n) is 21.8. The molecule has 0 spiro atoms. The number of anilines is 2. The number of carbonyl (C=O) groups is 2. The van der Waals surface area contributed by atoms with Crippen molar-refractivity contribution >= 4 is 29.3 Å². The number of guanidine groups is 1. The fourth-order valence-electron chi connectivity index (χ4n) is 3.54. The van der Waals surface area contributed by atoms with E-state index in [0.717, 1.165) is 44.3 Å². The Morgan fingerprint density at radius 3 is 2.23 bits per heavy atom. The Kier molecular flexibility index (Phi) is 12.3. The molecule has 1 aliphatic heterocycles. The maximum atomic E-state index is 11.3. The van der Waals surface area contributed by atoms with Crippen LogP contribution in [0.3, 0.4) is 0 Å². The van der Waals surface area contributed by atoms with Crippen LogP contribution in [0, 0.1) is 0 Å². The average molecular weight is 555 g/mol. The first kappa shape index (κ1) is 31.2. The lowest BCUT2D eigenvalue weighted by Gasteiger charge is -2.37. The highest BCUT2D eigenvalue weighted by molar-refractivity contribution is 5.96. The van der Waals surface area contributed by atoms with Gasteiger partial charge in [0.15, 0.2) is 5.96 Å². The maximum Gasteiger partial charge on any atom is 0.490 e. The number of halogens is 3. The third-order valence-electron chi connectivity index (χ3n) is 5.54. The molecular formula is C26H33F3N4O6. The number of aliphatic imine (C=N–C) groups is 1. The summed E-state index contributed by atoms with van der Waals surface area (Å²) < 4.78 is 42.4. The van der Waals surface area contributed by atoms with Gasteiger partial charge in [-0.25, -0.2) is 9.59 Å². The smallest absolute Gasteiger partial charge is 0.490 e. The van der Waals surface area contributed by atoms with Crippen LogP contribution in [0.2, 0.25) is 0 Å². The number of methoxy groups -OCH3 is 1. The van der Waals surface area contributed by atoms with Gasteiger partial charge in [-0.2, -0.15) is 13.2 Å². The number of aromatic carboxylic acids is 1. The first-order chi connectivity index (χ1) is 18.5. The van der Waals surface area contributed by atoms with Gasteiger partial charge in [-0.05, 0) is 55.8 Å².